The summed E-state index contributed by atoms with van der Waals surface area (Å²) in [5, 5.41) is 1.17. The zero-order valence-corrected chi connectivity index (χ0v) is 17.9. The van der Waals surface area contributed by atoms with Gasteiger partial charge in [-0.3, -0.25) is 4.79 Å². The number of aromatic nitrogens is 2. The fraction of sp³-hybridized carbons (Fsp3) is 0.526. The Morgan fingerprint density at radius 2 is 1.73 bits per heavy atom. The molecule has 0 saturated carbocycles. The molecular weight excluding hydrogens is 369 g/mol. The van der Waals surface area contributed by atoms with Crippen molar-refractivity contribution < 1.29 is 9.18 Å². The number of rotatable bonds is 5. The number of thiol groups is 1. The number of hydrogen-bond donors (Lipinski definition) is 2. The van der Waals surface area contributed by atoms with E-state index in [0.717, 1.165) is 9.77 Å². The van der Waals surface area contributed by atoms with Crippen LogP contribution in [-0.4, -0.2) is 15.9 Å². The van der Waals surface area contributed by atoms with Crippen LogP contribution in [0.25, 0.3) is 0 Å². The monoisotopic (exact) mass is 397 g/mol. The Kier molecular flexibility index (Phi) is 8.70. The predicted molar refractivity (Wildman–Crippen MR) is 109 cm³/mol. The van der Waals surface area contributed by atoms with E-state index < -0.39 is 11.9 Å². The van der Waals surface area contributed by atoms with Crippen LogP contribution in [-0.2, 0) is 11.2 Å². The molecule has 0 radical (unpaired) electrons. The van der Waals surface area contributed by atoms with Gasteiger partial charge in [0.25, 0.3) is 0 Å². The number of carbonyl (C=O) groups is 1. The Balaban J connectivity index is 0.000000314. The third-order valence-electron chi connectivity index (χ3n) is 3.77. The number of hydrogen-bond acceptors (Lipinski definition) is 5. The molecule has 2 aromatic heterocycles. The van der Waals surface area contributed by atoms with Crippen molar-refractivity contribution in [1.29, 1.82) is 0 Å². The molecule has 4 nitrogen and oxygen atoms in total. The Hall–Kier alpha value is -1.47. The molecule has 0 aliphatic carbocycles. The minimum atomic E-state index is -0.499. The van der Waals surface area contributed by atoms with Gasteiger partial charge in [0.2, 0.25) is 11.9 Å². The van der Waals surface area contributed by atoms with E-state index in [1.54, 1.807) is 17.5 Å². The first-order valence-electron chi connectivity index (χ1n) is 8.64. The van der Waals surface area contributed by atoms with Gasteiger partial charge in [-0.1, -0.05) is 41.5 Å². The minimum absolute atomic E-state index is 0.0180. The Morgan fingerprint density at radius 3 is 2.08 bits per heavy atom. The highest BCUT2D eigenvalue weighted by molar-refractivity contribution is 7.82. The maximum absolute atomic E-state index is 13.7. The van der Waals surface area contributed by atoms with Crippen LogP contribution in [0.3, 0.4) is 0 Å². The summed E-state index contributed by atoms with van der Waals surface area (Å²) in [4.78, 5) is 19.0. The normalized spacial score (nSPS) is 11.0. The number of thiazole rings is 1. The van der Waals surface area contributed by atoms with E-state index in [1.165, 1.54) is 11.2 Å². The number of carbonyl (C=O) groups excluding carboxylic acids is 1. The van der Waals surface area contributed by atoms with Crippen molar-refractivity contribution in [3.8, 4) is 0 Å². The number of halogens is 1. The van der Waals surface area contributed by atoms with Crippen LogP contribution < -0.4 is 5.73 Å². The zero-order chi connectivity index (χ0) is 20.0. The third kappa shape index (κ3) is 6.36. The topological polar surface area (TPSA) is 68.9 Å². The summed E-state index contributed by atoms with van der Waals surface area (Å²) >= 11 is 5.80. The molecule has 2 N–H and O–H groups in total. The van der Waals surface area contributed by atoms with Gasteiger partial charge in [0.1, 0.15) is 0 Å². The van der Waals surface area contributed by atoms with Crippen molar-refractivity contribution in [1.82, 2.24) is 9.97 Å². The van der Waals surface area contributed by atoms with Gasteiger partial charge in [0, 0.05) is 17.7 Å². The van der Waals surface area contributed by atoms with Crippen LogP contribution in [0, 0.1) is 5.95 Å². The van der Waals surface area contributed by atoms with Gasteiger partial charge in [-0.15, -0.1) is 24.0 Å². The maximum atomic E-state index is 13.7. The van der Waals surface area contributed by atoms with Gasteiger partial charge < -0.3 is 5.73 Å². The van der Waals surface area contributed by atoms with Crippen LogP contribution >= 0.6 is 24.0 Å². The molecule has 1 amide bonds. The molecule has 0 saturated heterocycles. The van der Waals surface area contributed by atoms with E-state index in [-0.39, 0.29) is 18.3 Å². The van der Waals surface area contributed by atoms with Crippen molar-refractivity contribution in [2.45, 2.75) is 69.9 Å². The molecule has 7 heteroatoms. The second-order valence-electron chi connectivity index (χ2n) is 7.04. The molecule has 0 bridgehead atoms. The fourth-order valence-electron chi connectivity index (χ4n) is 2.56. The summed E-state index contributed by atoms with van der Waals surface area (Å²) in [6.07, 6.45) is 3.37. The van der Waals surface area contributed by atoms with Crippen LogP contribution in [0.4, 0.5) is 4.39 Å². The summed E-state index contributed by atoms with van der Waals surface area (Å²) in [6, 6.07) is 0. The lowest BCUT2D eigenvalue weighted by atomic mass is 9.89. The molecule has 0 atom stereocenters. The van der Waals surface area contributed by atoms with Crippen molar-refractivity contribution in [2.75, 3.05) is 0 Å². The summed E-state index contributed by atoms with van der Waals surface area (Å²) in [7, 11) is 0. The van der Waals surface area contributed by atoms with Gasteiger partial charge in [0.15, 0.2) is 0 Å². The van der Waals surface area contributed by atoms with E-state index in [1.807, 2.05) is 27.7 Å². The Morgan fingerprint density at radius 1 is 1.12 bits per heavy atom. The fourth-order valence-corrected chi connectivity index (χ4v) is 3.55. The molecule has 144 valence electrons. The van der Waals surface area contributed by atoms with E-state index >= 15 is 0 Å². The van der Waals surface area contributed by atoms with Crippen molar-refractivity contribution in [2.24, 2.45) is 5.73 Å². The second-order valence-corrected chi connectivity index (χ2v) is 8.89. The molecule has 0 unspecified atom stereocenters. The number of primary amides is 1. The lowest BCUT2D eigenvalue weighted by Crippen LogP contribution is -2.18. The lowest BCUT2D eigenvalue weighted by molar-refractivity contribution is -0.117. The minimum Gasteiger partial charge on any atom is -0.369 e. The summed E-state index contributed by atoms with van der Waals surface area (Å²) in [5.74, 6) is -0.235. The molecule has 2 heterocycles. The van der Waals surface area contributed by atoms with Gasteiger partial charge in [-0.2, -0.15) is 4.39 Å². The van der Waals surface area contributed by atoms with Gasteiger partial charge in [0.05, 0.1) is 21.8 Å². The average Bonchev–Trinajstić information content (AvgIpc) is 2.93. The predicted octanol–water partition coefficient (Wildman–Crippen LogP) is 5.05. The molecule has 2 aromatic rings. The Labute approximate surface area is 164 Å². The highest BCUT2D eigenvalue weighted by atomic mass is 32.2. The highest BCUT2D eigenvalue weighted by Gasteiger charge is 2.20. The Bertz CT molecular complexity index is 742. The van der Waals surface area contributed by atoms with Crippen molar-refractivity contribution in [3.05, 3.63) is 40.0 Å². The molecular formula is C19H28FN3OS2. The lowest BCUT2D eigenvalue weighted by Gasteiger charge is -2.18. The van der Waals surface area contributed by atoms with Crippen LogP contribution in [0.15, 0.2) is 16.6 Å². The summed E-state index contributed by atoms with van der Waals surface area (Å²) < 4.78 is 14.7. The third-order valence-corrected chi connectivity index (χ3v) is 5.26. The van der Waals surface area contributed by atoms with Gasteiger partial charge in [-0.25, -0.2) is 9.97 Å². The molecule has 26 heavy (non-hydrogen) atoms. The smallest absolute Gasteiger partial charge is 0.221 e. The van der Waals surface area contributed by atoms with Gasteiger partial charge in [-0.05, 0) is 23.0 Å². The first-order chi connectivity index (χ1) is 12.0. The molecule has 0 fully saturated rings. The molecule has 2 rings (SSSR count). The average molecular weight is 398 g/mol. The summed E-state index contributed by atoms with van der Waals surface area (Å²) in [5.41, 5.74) is 7.34. The van der Waals surface area contributed by atoms with E-state index in [0.29, 0.717) is 17.0 Å². The highest BCUT2D eigenvalue weighted by Crippen LogP contribution is 2.29. The van der Waals surface area contributed by atoms with Crippen molar-refractivity contribution in [3.63, 3.8) is 0 Å². The number of nitrogens with two attached hydrogens (primary N) is 1. The van der Waals surface area contributed by atoms with E-state index in [9.17, 15) is 9.18 Å². The maximum Gasteiger partial charge on any atom is 0.221 e. The number of nitrogens with zero attached hydrogens (tertiary/aromatic N) is 2. The van der Waals surface area contributed by atoms with Crippen LogP contribution in [0.1, 0.15) is 81.0 Å². The van der Waals surface area contributed by atoms with E-state index in [4.69, 9.17) is 5.73 Å². The van der Waals surface area contributed by atoms with E-state index in [2.05, 4.69) is 36.4 Å². The molecule has 0 aliphatic rings. The first-order valence-corrected chi connectivity index (χ1v) is 9.91. The SMILES string of the molecule is CC(C)c1cnc(F)c(C(C)C)c1CC(N)=O.CC(C)c1ncc(S)s1. The first kappa shape index (κ1) is 22.6. The number of amides is 1. The summed E-state index contributed by atoms with van der Waals surface area (Å²) in [6.45, 7) is 12.0. The van der Waals surface area contributed by atoms with Crippen LogP contribution in [0.2, 0.25) is 0 Å². The zero-order valence-electron chi connectivity index (χ0n) is 16.2. The number of pyridine rings is 1. The van der Waals surface area contributed by atoms with Crippen LogP contribution in [0.5, 0.6) is 0 Å². The van der Waals surface area contributed by atoms with Crippen molar-refractivity contribution >= 4 is 29.9 Å². The van der Waals surface area contributed by atoms with Gasteiger partial charge >= 0.3 is 0 Å². The molecule has 0 aliphatic heterocycles. The molecule has 0 aromatic carbocycles. The molecule has 0 spiro atoms. The quantitative estimate of drug-likeness (QED) is 0.548. The second kappa shape index (κ2) is 10.0. The largest absolute Gasteiger partial charge is 0.369 e. The standard InChI is InChI=1S/C13H19FN2O.C6H9NS2/c1-7(2)10-6-16-13(14)12(8(3)4)9(10)5-11(15)17;1-4(2)6-7-3-5(8)9-6/h6-8H,5H2,1-4H3,(H2,15,17);3-4,8H,1-2H3.